The van der Waals surface area contributed by atoms with Gasteiger partial charge in [0.15, 0.2) is 6.29 Å². The van der Waals surface area contributed by atoms with Gasteiger partial charge in [0.2, 0.25) is 0 Å². The number of rotatable bonds is 5. The van der Waals surface area contributed by atoms with Crippen molar-refractivity contribution in [2.45, 2.75) is 50.5 Å². The van der Waals surface area contributed by atoms with Gasteiger partial charge in [-0.05, 0) is 12.5 Å². The van der Waals surface area contributed by atoms with Crippen molar-refractivity contribution in [1.29, 1.82) is 0 Å². The standard InChI is InChI=1S/C22H24FNO3/c1-15(25)12-18-20(23)21-19(24(18)13-16-8-4-2-5-9-16)14-26-22(27-21)17-10-6-3-7-11-17/h2-11,18-22H,12-14H2,1H3/t18-,19-,20+,21-,22?/m1/s1. The van der Waals surface area contributed by atoms with E-state index < -0.39 is 24.6 Å². The number of fused-ring (bicyclic) bond motifs is 1. The van der Waals surface area contributed by atoms with Crippen molar-refractivity contribution in [2.75, 3.05) is 6.61 Å². The molecule has 0 spiro atoms. The average Bonchev–Trinajstić information content (AvgIpc) is 2.94. The highest BCUT2D eigenvalue weighted by Crippen LogP contribution is 2.40. The number of Topliss-reactive ketones (excluding diaryl/α,β-unsaturated/α-hetero) is 1. The minimum absolute atomic E-state index is 0.0140. The molecule has 0 aliphatic carbocycles. The molecule has 0 N–H and O–H groups in total. The molecule has 5 atom stereocenters. The number of benzene rings is 2. The Morgan fingerprint density at radius 3 is 2.44 bits per heavy atom. The Balaban J connectivity index is 1.57. The van der Waals surface area contributed by atoms with Crippen LogP contribution in [0, 0.1) is 0 Å². The lowest BCUT2D eigenvalue weighted by Crippen LogP contribution is -2.46. The van der Waals surface area contributed by atoms with Gasteiger partial charge in [0.1, 0.15) is 18.1 Å². The predicted molar refractivity (Wildman–Crippen MR) is 99.8 cm³/mol. The zero-order valence-electron chi connectivity index (χ0n) is 15.3. The lowest BCUT2D eigenvalue weighted by molar-refractivity contribution is -0.237. The van der Waals surface area contributed by atoms with E-state index in [9.17, 15) is 4.79 Å². The van der Waals surface area contributed by atoms with Gasteiger partial charge in [-0.3, -0.25) is 9.69 Å². The predicted octanol–water partition coefficient (Wildman–Crippen LogP) is 3.67. The van der Waals surface area contributed by atoms with E-state index in [-0.39, 0.29) is 18.2 Å². The highest BCUT2D eigenvalue weighted by atomic mass is 19.1. The highest BCUT2D eigenvalue weighted by Gasteiger charge is 2.53. The van der Waals surface area contributed by atoms with Crippen LogP contribution in [0.1, 0.15) is 30.8 Å². The summed E-state index contributed by atoms with van der Waals surface area (Å²) in [6.07, 6.45) is -2.21. The van der Waals surface area contributed by atoms with Crippen LogP contribution in [0.15, 0.2) is 60.7 Å². The molecular formula is C22H24FNO3. The molecule has 27 heavy (non-hydrogen) atoms. The second-order valence-electron chi connectivity index (χ2n) is 7.32. The second-order valence-corrected chi connectivity index (χ2v) is 7.32. The molecule has 0 saturated carbocycles. The van der Waals surface area contributed by atoms with E-state index in [1.807, 2.05) is 65.6 Å². The normalized spacial score (nSPS) is 30.8. The summed E-state index contributed by atoms with van der Waals surface area (Å²) in [5.74, 6) is -0.0140. The maximum Gasteiger partial charge on any atom is 0.184 e. The van der Waals surface area contributed by atoms with Crippen molar-refractivity contribution in [3.05, 3.63) is 71.8 Å². The van der Waals surface area contributed by atoms with Crippen LogP contribution in [0.3, 0.4) is 0 Å². The average molecular weight is 369 g/mol. The molecule has 2 aromatic carbocycles. The lowest BCUT2D eigenvalue weighted by atomic mass is 10.0. The van der Waals surface area contributed by atoms with E-state index in [0.717, 1.165) is 11.1 Å². The van der Waals surface area contributed by atoms with E-state index in [0.29, 0.717) is 13.2 Å². The summed E-state index contributed by atoms with van der Waals surface area (Å²) >= 11 is 0. The van der Waals surface area contributed by atoms with Crippen LogP contribution < -0.4 is 0 Å². The van der Waals surface area contributed by atoms with Gasteiger partial charge < -0.3 is 9.47 Å². The monoisotopic (exact) mass is 369 g/mol. The fourth-order valence-corrected chi connectivity index (χ4v) is 4.11. The van der Waals surface area contributed by atoms with Crippen LogP contribution in [0.25, 0.3) is 0 Å². The first kappa shape index (κ1) is 18.3. The van der Waals surface area contributed by atoms with Gasteiger partial charge in [0.05, 0.1) is 18.7 Å². The first-order chi connectivity index (χ1) is 13.1. The van der Waals surface area contributed by atoms with Gasteiger partial charge in [-0.1, -0.05) is 60.7 Å². The molecule has 2 aromatic rings. The number of ketones is 1. The quantitative estimate of drug-likeness (QED) is 0.806. The van der Waals surface area contributed by atoms with E-state index in [1.165, 1.54) is 6.92 Å². The molecule has 2 saturated heterocycles. The lowest BCUT2D eigenvalue weighted by Gasteiger charge is -2.36. The minimum Gasteiger partial charge on any atom is -0.347 e. The van der Waals surface area contributed by atoms with Crippen molar-refractivity contribution >= 4 is 5.78 Å². The minimum atomic E-state index is -1.22. The summed E-state index contributed by atoms with van der Waals surface area (Å²) in [5.41, 5.74) is 1.97. The number of likely N-dealkylation sites (tertiary alicyclic amines) is 1. The van der Waals surface area contributed by atoms with Crippen molar-refractivity contribution in [3.8, 4) is 0 Å². The Morgan fingerprint density at radius 2 is 1.78 bits per heavy atom. The molecule has 2 aliphatic rings. The summed E-state index contributed by atoms with van der Waals surface area (Å²) < 4.78 is 27.3. The molecule has 0 radical (unpaired) electrons. The summed E-state index contributed by atoms with van der Waals surface area (Å²) in [7, 11) is 0. The van der Waals surface area contributed by atoms with Crippen molar-refractivity contribution in [1.82, 2.24) is 4.90 Å². The SMILES string of the molecule is CC(=O)C[C@@H]1[C@H](F)[C@@H]2OC(c3ccccc3)OC[C@H]2N1Cc1ccccc1. The molecule has 5 heteroatoms. The zero-order valence-corrected chi connectivity index (χ0v) is 15.3. The van der Waals surface area contributed by atoms with Gasteiger partial charge >= 0.3 is 0 Å². The number of nitrogens with zero attached hydrogens (tertiary/aromatic N) is 1. The number of carbonyl (C=O) groups excluding carboxylic acids is 1. The topological polar surface area (TPSA) is 38.8 Å². The van der Waals surface area contributed by atoms with E-state index in [2.05, 4.69) is 0 Å². The zero-order chi connectivity index (χ0) is 18.8. The van der Waals surface area contributed by atoms with Gasteiger partial charge in [0.25, 0.3) is 0 Å². The number of ether oxygens (including phenoxy) is 2. The van der Waals surface area contributed by atoms with Gasteiger partial charge in [-0.2, -0.15) is 0 Å². The third kappa shape index (κ3) is 3.81. The number of hydrogen-bond acceptors (Lipinski definition) is 4. The summed E-state index contributed by atoms with van der Waals surface area (Å²) in [5, 5.41) is 0. The van der Waals surface area contributed by atoms with Crippen LogP contribution in [-0.2, 0) is 20.8 Å². The van der Waals surface area contributed by atoms with Crippen LogP contribution in [0.4, 0.5) is 4.39 Å². The molecule has 0 amide bonds. The molecule has 4 rings (SSSR count). The first-order valence-electron chi connectivity index (χ1n) is 9.38. The maximum atomic E-state index is 15.4. The maximum absolute atomic E-state index is 15.4. The molecule has 1 unspecified atom stereocenters. The summed E-state index contributed by atoms with van der Waals surface area (Å²) in [6.45, 7) is 2.47. The van der Waals surface area contributed by atoms with Gasteiger partial charge in [0, 0.05) is 18.5 Å². The fourth-order valence-electron chi connectivity index (χ4n) is 4.11. The second kappa shape index (κ2) is 7.89. The largest absolute Gasteiger partial charge is 0.347 e. The Morgan fingerprint density at radius 1 is 1.11 bits per heavy atom. The molecule has 2 aliphatic heterocycles. The highest BCUT2D eigenvalue weighted by molar-refractivity contribution is 5.76. The molecule has 0 bridgehead atoms. The van der Waals surface area contributed by atoms with Crippen molar-refractivity contribution in [3.63, 3.8) is 0 Å². The number of halogens is 1. The third-order valence-corrected chi connectivity index (χ3v) is 5.39. The number of alkyl halides is 1. The molecule has 2 heterocycles. The Kier molecular flexibility index (Phi) is 5.34. The van der Waals surface area contributed by atoms with E-state index in [4.69, 9.17) is 9.47 Å². The molecule has 2 fully saturated rings. The third-order valence-electron chi connectivity index (χ3n) is 5.39. The molecule has 4 nitrogen and oxygen atoms in total. The first-order valence-corrected chi connectivity index (χ1v) is 9.38. The fraction of sp³-hybridized carbons (Fsp3) is 0.409. The van der Waals surface area contributed by atoms with Crippen LogP contribution in [0.2, 0.25) is 0 Å². The summed E-state index contributed by atoms with van der Waals surface area (Å²) in [6, 6.07) is 18.8. The molecule has 0 aromatic heterocycles. The van der Waals surface area contributed by atoms with Gasteiger partial charge in [-0.25, -0.2) is 4.39 Å². The van der Waals surface area contributed by atoms with Crippen LogP contribution >= 0.6 is 0 Å². The smallest absolute Gasteiger partial charge is 0.184 e. The van der Waals surface area contributed by atoms with E-state index >= 15 is 4.39 Å². The Hall–Kier alpha value is -2.08. The molecular weight excluding hydrogens is 345 g/mol. The van der Waals surface area contributed by atoms with Crippen LogP contribution in [0.5, 0.6) is 0 Å². The van der Waals surface area contributed by atoms with Crippen molar-refractivity contribution in [2.24, 2.45) is 0 Å². The van der Waals surface area contributed by atoms with Crippen molar-refractivity contribution < 1.29 is 18.7 Å². The number of hydrogen-bond donors (Lipinski definition) is 0. The van der Waals surface area contributed by atoms with E-state index in [1.54, 1.807) is 0 Å². The Bertz CT molecular complexity index is 770. The molecule has 142 valence electrons. The number of carbonyl (C=O) groups is 1. The van der Waals surface area contributed by atoms with Crippen LogP contribution in [-0.4, -0.2) is 41.6 Å². The van der Waals surface area contributed by atoms with Gasteiger partial charge in [-0.15, -0.1) is 0 Å². The summed E-state index contributed by atoms with van der Waals surface area (Å²) in [4.78, 5) is 13.8. The Labute approximate surface area is 158 Å².